The normalized spacial score (nSPS) is 12.2. The molecule has 0 aliphatic carbocycles. The minimum absolute atomic E-state index is 0.137. The van der Waals surface area contributed by atoms with E-state index in [4.69, 9.17) is 14.9 Å². The minimum atomic E-state index is -1.17. The molecule has 1 atom stereocenters. The molecule has 2 N–H and O–H groups in total. The van der Waals surface area contributed by atoms with Crippen molar-refractivity contribution in [3.8, 4) is 5.75 Å². The number of aliphatic hydroxyl groups excluding tert-OH is 1. The molecule has 1 aromatic rings. The van der Waals surface area contributed by atoms with Gasteiger partial charge in [-0.25, -0.2) is 9.18 Å². The predicted octanol–water partition coefficient (Wildman–Crippen LogP) is 1.17. The molecule has 0 aromatic heterocycles. The largest absolute Gasteiger partial charge is 0.479 e. The second kappa shape index (κ2) is 4.75. The van der Waals surface area contributed by atoms with Crippen LogP contribution in [0.2, 0.25) is 0 Å². The van der Waals surface area contributed by atoms with E-state index in [2.05, 4.69) is 0 Å². The van der Waals surface area contributed by atoms with Crippen LogP contribution in [0, 0.1) is 5.82 Å². The Balaban J connectivity index is 2.82. The summed E-state index contributed by atoms with van der Waals surface area (Å²) in [7, 11) is 0. The van der Waals surface area contributed by atoms with Gasteiger partial charge in [-0.05, 0) is 24.6 Å². The zero-order valence-electron chi connectivity index (χ0n) is 8.11. The number of carbonyl (C=O) groups is 1. The lowest BCUT2D eigenvalue weighted by atomic mass is 10.2. The van der Waals surface area contributed by atoms with Crippen LogP contribution >= 0.6 is 0 Å². The molecule has 4 nitrogen and oxygen atoms in total. The fraction of sp³-hybridized carbons (Fsp3) is 0.300. The standard InChI is InChI=1S/C10H11FO4/c1-6(10(13)14)15-9-3-2-7(5-12)4-8(9)11/h2-4,6,12H,5H2,1H3,(H,13,14). The van der Waals surface area contributed by atoms with E-state index in [-0.39, 0.29) is 12.4 Å². The first-order valence-electron chi connectivity index (χ1n) is 4.33. The molecule has 0 saturated heterocycles. The van der Waals surface area contributed by atoms with E-state index in [0.717, 1.165) is 6.07 Å². The van der Waals surface area contributed by atoms with Gasteiger partial charge in [0, 0.05) is 0 Å². The minimum Gasteiger partial charge on any atom is -0.479 e. The number of hydrogen-bond donors (Lipinski definition) is 2. The monoisotopic (exact) mass is 214 g/mol. The van der Waals surface area contributed by atoms with E-state index in [0.29, 0.717) is 5.56 Å². The van der Waals surface area contributed by atoms with Gasteiger partial charge in [-0.1, -0.05) is 6.07 Å². The van der Waals surface area contributed by atoms with Crippen molar-refractivity contribution in [2.45, 2.75) is 19.6 Å². The van der Waals surface area contributed by atoms with E-state index in [1.165, 1.54) is 19.1 Å². The van der Waals surface area contributed by atoms with Crippen molar-refractivity contribution in [2.75, 3.05) is 0 Å². The number of aliphatic hydroxyl groups is 1. The number of benzene rings is 1. The van der Waals surface area contributed by atoms with Crippen LogP contribution in [-0.4, -0.2) is 22.3 Å². The van der Waals surface area contributed by atoms with Crippen LogP contribution in [0.5, 0.6) is 5.75 Å². The molecule has 0 radical (unpaired) electrons. The van der Waals surface area contributed by atoms with Crippen LogP contribution < -0.4 is 4.74 Å². The molecule has 0 aliphatic rings. The van der Waals surface area contributed by atoms with Crippen LogP contribution in [0.4, 0.5) is 4.39 Å². The fourth-order valence-corrected chi connectivity index (χ4v) is 0.979. The molecule has 1 unspecified atom stereocenters. The zero-order chi connectivity index (χ0) is 11.4. The third-order valence-corrected chi connectivity index (χ3v) is 1.83. The molecule has 1 aromatic carbocycles. The molecular weight excluding hydrogens is 203 g/mol. The van der Waals surface area contributed by atoms with Crippen LogP contribution in [0.3, 0.4) is 0 Å². The Morgan fingerprint density at radius 2 is 2.27 bits per heavy atom. The Morgan fingerprint density at radius 3 is 2.73 bits per heavy atom. The Bertz CT molecular complexity index is 364. The van der Waals surface area contributed by atoms with Gasteiger partial charge < -0.3 is 14.9 Å². The van der Waals surface area contributed by atoms with Gasteiger partial charge in [0.15, 0.2) is 17.7 Å². The molecule has 0 bridgehead atoms. The van der Waals surface area contributed by atoms with Gasteiger partial charge in [-0.3, -0.25) is 0 Å². The van der Waals surface area contributed by atoms with Gasteiger partial charge in [-0.2, -0.15) is 0 Å². The second-order valence-electron chi connectivity index (χ2n) is 3.02. The summed E-state index contributed by atoms with van der Waals surface area (Å²) in [6, 6.07) is 3.86. The van der Waals surface area contributed by atoms with Gasteiger partial charge in [0.1, 0.15) is 0 Å². The van der Waals surface area contributed by atoms with Crippen LogP contribution in [-0.2, 0) is 11.4 Å². The summed E-state index contributed by atoms with van der Waals surface area (Å²) in [5, 5.41) is 17.3. The zero-order valence-corrected chi connectivity index (χ0v) is 8.11. The highest BCUT2D eigenvalue weighted by atomic mass is 19.1. The van der Waals surface area contributed by atoms with Gasteiger partial charge in [0.05, 0.1) is 6.61 Å². The van der Waals surface area contributed by atoms with Crippen molar-refractivity contribution < 1.29 is 24.1 Å². The number of ether oxygens (including phenoxy) is 1. The molecule has 0 spiro atoms. The lowest BCUT2D eigenvalue weighted by molar-refractivity contribution is -0.144. The number of hydrogen-bond acceptors (Lipinski definition) is 3. The first kappa shape index (κ1) is 11.5. The molecule has 1 rings (SSSR count). The summed E-state index contributed by atoms with van der Waals surface area (Å²) in [5.74, 6) is -1.99. The Hall–Kier alpha value is -1.62. The molecule has 0 aliphatic heterocycles. The van der Waals surface area contributed by atoms with Crippen LogP contribution in [0.25, 0.3) is 0 Å². The Labute approximate surface area is 85.9 Å². The molecule has 0 amide bonds. The second-order valence-corrected chi connectivity index (χ2v) is 3.02. The van der Waals surface area contributed by atoms with Gasteiger partial charge in [0.25, 0.3) is 0 Å². The van der Waals surface area contributed by atoms with Crippen molar-refractivity contribution >= 4 is 5.97 Å². The van der Waals surface area contributed by atoms with Gasteiger partial charge in [0.2, 0.25) is 0 Å². The molecule has 5 heteroatoms. The Kier molecular flexibility index (Phi) is 3.62. The van der Waals surface area contributed by atoms with Crippen molar-refractivity contribution in [3.05, 3.63) is 29.6 Å². The van der Waals surface area contributed by atoms with E-state index in [1.807, 2.05) is 0 Å². The van der Waals surface area contributed by atoms with E-state index in [9.17, 15) is 9.18 Å². The van der Waals surface area contributed by atoms with E-state index < -0.39 is 17.9 Å². The number of halogens is 1. The number of carboxylic acids is 1. The fourth-order valence-electron chi connectivity index (χ4n) is 0.979. The molecule has 82 valence electrons. The van der Waals surface area contributed by atoms with Gasteiger partial charge in [-0.15, -0.1) is 0 Å². The summed E-state index contributed by atoms with van der Waals surface area (Å²) in [5.41, 5.74) is 0.405. The van der Waals surface area contributed by atoms with Crippen molar-refractivity contribution in [3.63, 3.8) is 0 Å². The smallest absolute Gasteiger partial charge is 0.344 e. The molecular formula is C10H11FO4. The predicted molar refractivity (Wildman–Crippen MR) is 50.0 cm³/mol. The highest BCUT2D eigenvalue weighted by Crippen LogP contribution is 2.19. The summed E-state index contributed by atoms with van der Waals surface area (Å²) in [6.45, 7) is 1.04. The maximum absolute atomic E-state index is 13.2. The maximum Gasteiger partial charge on any atom is 0.344 e. The lowest BCUT2D eigenvalue weighted by Crippen LogP contribution is -2.23. The molecule has 0 heterocycles. The third kappa shape index (κ3) is 2.92. The Morgan fingerprint density at radius 1 is 1.60 bits per heavy atom. The average Bonchev–Trinajstić information content (AvgIpc) is 2.20. The SMILES string of the molecule is CC(Oc1ccc(CO)cc1F)C(=O)O. The van der Waals surface area contributed by atoms with E-state index in [1.54, 1.807) is 0 Å². The lowest BCUT2D eigenvalue weighted by Gasteiger charge is -2.11. The average molecular weight is 214 g/mol. The highest BCUT2D eigenvalue weighted by Gasteiger charge is 2.14. The van der Waals surface area contributed by atoms with Crippen LogP contribution in [0.15, 0.2) is 18.2 Å². The van der Waals surface area contributed by atoms with Crippen molar-refractivity contribution in [1.82, 2.24) is 0 Å². The third-order valence-electron chi connectivity index (χ3n) is 1.83. The van der Waals surface area contributed by atoms with Gasteiger partial charge >= 0.3 is 5.97 Å². The summed E-state index contributed by atoms with van der Waals surface area (Å²) < 4.78 is 18.1. The first-order valence-corrected chi connectivity index (χ1v) is 4.33. The number of rotatable bonds is 4. The highest BCUT2D eigenvalue weighted by molar-refractivity contribution is 5.72. The molecule has 0 saturated carbocycles. The topological polar surface area (TPSA) is 66.8 Å². The maximum atomic E-state index is 13.2. The summed E-state index contributed by atoms with van der Waals surface area (Å²) in [6.07, 6.45) is -1.11. The summed E-state index contributed by atoms with van der Waals surface area (Å²) >= 11 is 0. The van der Waals surface area contributed by atoms with Crippen molar-refractivity contribution in [1.29, 1.82) is 0 Å². The first-order chi connectivity index (χ1) is 7.04. The van der Waals surface area contributed by atoms with Crippen LogP contribution in [0.1, 0.15) is 12.5 Å². The quantitative estimate of drug-likeness (QED) is 0.789. The number of aliphatic carboxylic acids is 1. The number of carboxylic acid groups (broad SMARTS) is 1. The van der Waals surface area contributed by atoms with Crippen molar-refractivity contribution in [2.24, 2.45) is 0 Å². The summed E-state index contributed by atoms with van der Waals surface area (Å²) in [4.78, 5) is 10.5. The van der Waals surface area contributed by atoms with E-state index >= 15 is 0 Å². The molecule has 15 heavy (non-hydrogen) atoms. The molecule has 0 fully saturated rings.